The van der Waals surface area contributed by atoms with Crippen molar-refractivity contribution in [1.29, 1.82) is 0 Å². The van der Waals surface area contributed by atoms with Crippen LogP contribution in [0.25, 0.3) is 0 Å². The van der Waals surface area contributed by atoms with Crippen molar-refractivity contribution < 1.29 is 22.7 Å². The molecule has 2 rings (SSSR count). The van der Waals surface area contributed by atoms with Gasteiger partial charge in [0.2, 0.25) is 5.91 Å². The monoisotopic (exact) mass is 365 g/mol. The van der Waals surface area contributed by atoms with E-state index in [0.29, 0.717) is 5.71 Å². The average Bonchev–Trinajstić information content (AvgIpc) is 2.58. The second kappa shape index (κ2) is 7.47. The first kappa shape index (κ1) is 18.7. The van der Waals surface area contributed by atoms with Crippen molar-refractivity contribution in [3.63, 3.8) is 0 Å². The van der Waals surface area contributed by atoms with Crippen LogP contribution in [-0.4, -0.2) is 50.6 Å². The third-order valence-corrected chi connectivity index (χ3v) is 5.11. The molecule has 0 spiro atoms. The fourth-order valence-electron chi connectivity index (χ4n) is 2.49. The SMILES string of the molecule is COC(=O)C1=CCC(=NS(=O)(=O)c2ccccc2)C(C)N1CC(N)=O. The van der Waals surface area contributed by atoms with Gasteiger partial charge in [-0.2, -0.15) is 12.8 Å². The summed E-state index contributed by atoms with van der Waals surface area (Å²) in [4.78, 5) is 24.7. The van der Waals surface area contributed by atoms with Crippen LogP contribution in [0.4, 0.5) is 0 Å². The Bertz CT molecular complexity index is 831. The first-order chi connectivity index (χ1) is 11.8. The van der Waals surface area contributed by atoms with Gasteiger partial charge < -0.3 is 15.4 Å². The Morgan fingerprint density at radius 1 is 1.32 bits per heavy atom. The fourth-order valence-corrected chi connectivity index (χ4v) is 3.63. The molecule has 0 fully saturated rings. The number of methoxy groups -OCH3 is 1. The number of benzene rings is 1. The molecule has 1 aromatic carbocycles. The lowest BCUT2D eigenvalue weighted by Crippen LogP contribution is -2.47. The van der Waals surface area contributed by atoms with Crippen molar-refractivity contribution in [2.24, 2.45) is 10.1 Å². The van der Waals surface area contributed by atoms with Crippen LogP contribution >= 0.6 is 0 Å². The smallest absolute Gasteiger partial charge is 0.354 e. The molecule has 0 saturated carbocycles. The second-order valence-corrected chi connectivity index (χ2v) is 7.03. The van der Waals surface area contributed by atoms with Gasteiger partial charge in [0.25, 0.3) is 10.0 Å². The molecule has 1 heterocycles. The fraction of sp³-hybridized carbons (Fsp3) is 0.312. The summed E-state index contributed by atoms with van der Waals surface area (Å²) in [5.41, 5.74) is 5.70. The molecule has 0 radical (unpaired) electrons. The van der Waals surface area contributed by atoms with Crippen LogP contribution in [0.1, 0.15) is 13.3 Å². The van der Waals surface area contributed by atoms with Gasteiger partial charge in [0.1, 0.15) is 5.70 Å². The van der Waals surface area contributed by atoms with E-state index in [1.165, 1.54) is 30.2 Å². The molecule has 134 valence electrons. The number of nitrogens with zero attached hydrogens (tertiary/aromatic N) is 2. The zero-order valence-corrected chi connectivity index (χ0v) is 14.7. The van der Waals surface area contributed by atoms with Gasteiger partial charge >= 0.3 is 5.97 Å². The Morgan fingerprint density at radius 3 is 2.52 bits per heavy atom. The van der Waals surface area contributed by atoms with Crippen molar-refractivity contribution in [3.05, 3.63) is 42.1 Å². The summed E-state index contributed by atoms with van der Waals surface area (Å²) >= 11 is 0. The summed E-state index contributed by atoms with van der Waals surface area (Å²) in [6, 6.07) is 7.20. The summed E-state index contributed by atoms with van der Waals surface area (Å²) < 4.78 is 33.5. The van der Waals surface area contributed by atoms with E-state index >= 15 is 0 Å². The highest BCUT2D eigenvalue weighted by Crippen LogP contribution is 2.22. The van der Waals surface area contributed by atoms with E-state index in [-0.39, 0.29) is 23.6 Å². The number of hydrogen-bond donors (Lipinski definition) is 1. The zero-order chi connectivity index (χ0) is 18.6. The molecule has 0 aromatic heterocycles. The van der Waals surface area contributed by atoms with Gasteiger partial charge in [-0.05, 0) is 25.1 Å². The van der Waals surface area contributed by atoms with Gasteiger partial charge in [-0.15, -0.1) is 0 Å². The molecular formula is C16H19N3O5S. The van der Waals surface area contributed by atoms with Crippen molar-refractivity contribution in [2.75, 3.05) is 13.7 Å². The molecule has 1 aliphatic rings. The third kappa shape index (κ3) is 4.24. The largest absolute Gasteiger partial charge is 0.464 e. The van der Waals surface area contributed by atoms with Crippen LogP contribution in [0.2, 0.25) is 0 Å². The first-order valence-electron chi connectivity index (χ1n) is 7.48. The standard InChI is InChI=1S/C16H19N3O5S/c1-11-13(18-25(22,23)12-6-4-3-5-7-12)8-9-14(16(21)24-2)19(11)10-15(17)20/h3-7,9,11H,8,10H2,1-2H3,(H2,17,20). The van der Waals surface area contributed by atoms with Crippen molar-refractivity contribution >= 4 is 27.6 Å². The minimum atomic E-state index is -3.89. The van der Waals surface area contributed by atoms with E-state index in [2.05, 4.69) is 4.40 Å². The molecule has 1 unspecified atom stereocenters. The number of nitrogens with two attached hydrogens (primary N) is 1. The third-order valence-electron chi connectivity index (χ3n) is 3.76. The van der Waals surface area contributed by atoms with Gasteiger partial charge in [0.05, 0.1) is 30.3 Å². The van der Waals surface area contributed by atoms with Gasteiger partial charge in [-0.3, -0.25) is 4.79 Å². The summed E-state index contributed by atoms with van der Waals surface area (Å²) in [6.45, 7) is 1.39. The van der Waals surface area contributed by atoms with Gasteiger partial charge in [0, 0.05) is 6.42 Å². The van der Waals surface area contributed by atoms with E-state index in [1.54, 1.807) is 25.1 Å². The molecule has 25 heavy (non-hydrogen) atoms. The molecule has 2 N–H and O–H groups in total. The molecular weight excluding hydrogens is 346 g/mol. The Labute approximate surface area is 146 Å². The minimum absolute atomic E-state index is 0.0684. The first-order valence-corrected chi connectivity index (χ1v) is 8.92. The van der Waals surface area contributed by atoms with Gasteiger partial charge in [-0.1, -0.05) is 18.2 Å². The maximum Gasteiger partial charge on any atom is 0.354 e. The minimum Gasteiger partial charge on any atom is -0.464 e. The van der Waals surface area contributed by atoms with Crippen LogP contribution in [0.5, 0.6) is 0 Å². The number of allylic oxidation sites excluding steroid dienone is 1. The predicted octanol–water partition coefficient (Wildman–Crippen LogP) is 0.453. The van der Waals surface area contributed by atoms with E-state index in [4.69, 9.17) is 10.5 Å². The van der Waals surface area contributed by atoms with Crippen LogP contribution in [0, 0.1) is 0 Å². The Kier molecular flexibility index (Phi) is 5.58. The van der Waals surface area contributed by atoms with Crippen LogP contribution in [0.3, 0.4) is 0 Å². The molecule has 8 nitrogen and oxygen atoms in total. The number of primary amides is 1. The number of amides is 1. The van der Waals surface area contributed by atoms with E-state index in [0.717, 1.165) is 0 Å². The Morgan fingerprint density at radius 2 is 1.96 bits per heavy atom. The lowest BCUT2D eigenvalue weighted by atomic mass is 10.0. The lowest BCUT2D eigenvalue weighted by Gasteiger charge is -2.34. The topological polar surface area (TPSA) is 119 Å². The van der Waals surface area contributed by atoms with E-state index in [9.17, 15) is 18.0 Å². The average molecular weight is 365 g/mol. The molecule has 0 aliphatic carbocycles. The Hall–Kier alpha value is -2.68. The van der Waals surface area contributed by atoms with Gasteiger partial charge in [0.15, 0.2) is 0 Å². The highest BCUT2D eigenvalue weighted by atomic mass is 32.2. The molecule has 1 atom stereocenters. The summed E-state index contributed by atoms with van der Waals surface area (Å²) in [5.74, 6) is -1.29. The highest BCUT2D eigenvalue weighted by Gasteiger charge is 2.32. The maximum absolute atomic E-state index is 12.4. The van der Waals surface area contributed by atoms with Crippen LogP contribution < -0.4 is 5.73 Å². The molecule has 0 bridgehead atoms. The maximum atomic E-state index is 12.4. The van der Waals surface area contributed by atoms with Crippen molar-refractivity contribution in [2.45, 2.75) is 24.3 Å². The van der Waals surface area contributed by atoms with Crippen LogP contribution in [-0.2, 0) is 24.3 Å². The number of carbonyl (C=O) groups excluding carboxylic acids is 2. The number of ether oxygens (including phenoxy) is 1. The summed E-state index contributed by atoms with van der Waals surface area (Å²) in [7, 11) is -2.67. The predicted molar refractivity (Wildman–Crippen MR) is 91.1 cm³/mol. The van der Waals surface area contributed by atoms with E-state index in [1.807, 2.05) is 0 Å². The van der Waals surface area contributed by atoms with Crippen molar-refractivity contribution in [3.8, 4) is 0 Å². The quantitative estimate of drug-likeness (QED) is 0.757. The number of hydrogen-bond acceptors (Lipinski definition) is 6. The summed E-state index contributed by atoms with van der Waals surface area (Å²) in [5, 5.41) is 0. The molecule has 1 amide bonds. The van der Waals surface area contributed by atoms with Gasteiger partial charge in [-0.25, -0.2) is 4.79 Å². The molecule has 9 heteroatoms. The Balaban J connectivity index is 2.42. The lowest BCUT2D eigenvalue weighted by molar-refractivity contribution is -0.138. The van der Waals surface area contributed by atoms with Crippen LogP contribution in [0.15, 0.2) is 51.4 Å². The van der Waals surface area contributed by atoms with E-state index < -0.39 is 27.9 Å². The normalized spacial score (nSPS) is 19.4. The van der Waals surface area contributed by atoms with Crippen molar-refractivity contribution in [1.82, 2.24) is 4.90 Å². The molecule has 1 aliphatic heterocycles. The highest BCUT2D eigenvalue weighted by molar-refractivity contribution is 7.90. The number of sulfonamides is 1. The number of esters is 1. The molecule has 1 aromatic rings. The number of rotatable bonds is 5. The summed E-state index contributed by atoms with van der Waals surface area (Å²) in [6.07, 6.45) is 1.63. The zero-order valence-electron chi connectivity index (χ0n) is 13.9. The molecule has 0 saturated heterocycles. The second-order valence-electron chi connectivity index (χ2n) is 5.43. The number of carbonyl (C=O) groups is 2.